The van der Waals surface area contributed by atoms with Gasteiger partial charge in [0.1, 0.15) is 0 Å². The fourth-order valence-electron chi connectivity index (χ4n) is 3.69. The minimum Gasteiger partial charge on any atom is -0.756 e. The molecule has 172 valence electrons. The van der Waals surface area contributed by atoms with E-state index in [0.29, 0.717) is 18.9 Å². The van der Waals surface area contributed by atoms with Crippen molar-refractivity contribution in [3.63, 3.8) is 0 Å². The molecule has 8 nitrogen and oxygen atoms in total. The van der Waals surface area contributed by atoms with Crippen LogP contribution in [0.5, 0.6) is 0 Å². The fraction of sp³-hybridized carbons (Fsp3) is 0.947. The second-order valence-electron chi connectivity index (χ2n) is 8.42. The summed E-state index contributed by atoms with van der Waals surface area (Å²) in [5, 5.41) is 10.4. The standard InChI is InChI=1S/C19H36O8P.W/c1-11(2)23-9-15-16(7-13(5)19(15)20)27-28(21,22)24-10-18-17(25-12(3)4)8-14(6)26-18;/h11-17,19-20H,7-10H2,1-6H3,(H,21,22);/q-1;/p-1/t13-,14-,15+,16+,17+,19?;/m0./s1. The molecule has 1 aliphatic carbocycles. The van der Waals surface area contributed by atoms with Gasteiger partial charge in [-0.1, -0.05) is 6.92 Å². The van der Waals surface area contributed by atoms with Crippen molar-refractivity contribution in [2.45, 2.75) is 91.0 Å². The molecule has 0 bridgehead atoms. The Morgan fingerprint density at radius 3 is 2.45 bits per heavy atom. The molecule has 1 heterocycles. The number of hydrogen-bond donors (Lipinski definition) is 1. The molecule has 1 saturated heterocycles. The molecule has 7 atom stereocenters. The van der Waals surface area contributed by atoms with Gasteiger partial charge in [0.15, 0.2) is 0 Å². The van der Waals surface area contributed by atoms with Crippen LogP contribution in [0, 0.1) is 17.9 Å². The first-order valence-electron chi connectivity index (χ1n) is 10.1. The van der Waals surface area contributed by atoms with E-state index in [9.17, 15) is 14.6 Å². The van der Waals surface area contributed by atoms with Gasteiger partial charge >= 0.3 is 0 Å². The van der Waals surface area contributed by atoms with Crippen LogP contribution in [0.1, 0.15) is 54.4 Å². The first-order valence-corrected chi connectivity index (χ1v) is 11.6. The number of hydrogen-bond acceptors (Lipinski definition) is 8. The van der Waals surface area contributed by atoms with Crippen LogP contribution in [0.15, 0.2) is 0 Å². The Morgan fingerprint density at radius 1 is 1.21 bits per heavy atom. The summed E-state index contributed by atoms with van der Waals surface area (Å²) >= 11 is 0. The Labute approximate surface area is 188 Å². The second kappa shape index (κ2) is 12.0. The van der Waals surface area contributed by atoms with Crippen molar-refractivity contribution in [3.05, 3.63) is 6.10 Å². The number of aliphatic hydroxyl groups is 1. The number of phosphoric acid groups is 1. The third-order valence-electron chi connectivity index (χ3n) is 5.05. The predicted molar refractivity (Wildman–Crippen MR) is 101 cm³/mol. The van der Waals surface area contributed by atoms with E-state index in [-0.39, 0.29) is 64.6 Å². The van der Waals surface area contributed by atoms with Crippen molar-refractivity contribution in [3.8, 4) is 0 Å². The summed E-state index contributed by atoms with van der Waals surface area (Å²) < 4.78 is 39.8. The molecule has 2 fully saturated rings. The topological polar surface area (TPSA) is 107 Å². The average molecular weight is 606 g/mol. The first-order chi connectivity index (χ1) is 13.0. The molecule has 1 aliphatic heterocycles. The molecule has 0 spiro atoms. The fourth-order valence-corrected chi connectivity index (χ4v) is 4.61. The minimum atomic E-state index is -4.59. The Balaban J connectivity index is 0.00000420. The van der Waals surface area contributed by atoms with Gasteiger partial charge in [-0.25, -0.2) is 0 Å². The van der Waals surface area contributed by atoms with Gasteiger partial charge in [0.25, 0.3) is 7.82 Å². The number of phosphoric ester groups is 1. The average Bonchev–Trinajstić information content (AvgIpc) is 3.02. The van der Waals surface area contributed by atoms with Crippen molar-refractivity contribution in [2.75, 3.05) is 13.2 Å². The molecule has 0 aromatic heterocycles. The number of ether oxygens (including phenoxy) is 3. The summed E-state index contributed by atoms with van der Waals surface area (Å²) in [7, 11) is -4.59. The predicted octanol–water partition coefficient (Wildman–Crippen LogP) is 2.43. The molecule has 29 heavy (non-hydrogen) atoms. The van der Waals surface area contributed by atoms with E-state index in [4.69, 9.17) is 23.3 Å². The van der Waals surface area contributed by atoms with E-state index in [2.05, 4.69) is 0 Å². The molecular weight excluding hydrogens is 571 g/mol. The van der Waals surface area contributed by atoms with Gasteiger partial charge in [-0.15, -0.1) is 6.10 Å². The Hall–Kier alpha value is 0.638. The normalized spacial score (nSPS) is 35.2. The van der Waals surface area contributed by atoms with E-state index in [1.54, 1.807) is 0 Å². The van der Waals surface area contributed by atoms with Crippen LogP contribution in [0.3, 0.4) is 0 Å². The zero-order chi connectivity index (χ0) is 21.1. The summed E-state index contributed by atoms with van der Waals surface area (Å²) in [6, 6.07) is 0. The molecular formula is C19H35O8PW-2. The summed E-state index contributed by atoms with van der Waals surface area (Å²) in [5.74, 6) is -0.501. The second-order valence-corrected chi connectivity index (χ2v) is 9.78. The van der Waals surface area contributed by atoms with Crippen LogP contribution in [-0.4, -0.2) is 54.9 Å². The smallest absolute Gasteiger partial charge is 0.265 e. The number of rotatable bonds is 10. The monoisotopic (exact) mass is 606 g/mol. The maximum atomic E-state index is 12.4. The van der Waals surface area contributed by atoms with Crippen LogP contribution < -0.4 is 4.89 Å². The largest absolute Gasteiger partial charge is 0.756 e. The third-order valence-corrected chi connectivity index (χ3v) is 6.02. The zero-order valence-corrected chi connectivity index (χ0v) is 21.9. The first kappa shape index (κ1) is 27.7. The van der Waals surface area contributed by atoms with Crippen molar-refractivity contribution in [1.29, 1.82) is 0 Å². The van der Waals surface area contributed by atoms with Crippen molar-refractivity contribution >= 4 is 7.82 Å². The Kier molecular flexibility index (Phi) is 11.5. The zero-order valence-electron chi connectivity index (χ0n) is 18.1. The SMILES string of the molecule is CC(C)OC[C@H]1C(O)[C@@H](C)C[C@H]1OP(=O)([O-])OC[C-]1O[C@@H](C)C[C@H]1OC(C)C.[W]. The van der Waals surface area contributed by atoms with Crippen LogP contribution >= 0.6 is 7.82 Å². The summed E-state index contributed by atoms with van der Waals surface area (Å²) in [5.41, 5.74) is 0. The summed E-state index contributed by atoms with van der Waals surface area (Å²) in [4.78, 5) is 12.4. The van der Waals surface area contributed by atoms with E-state index in [1.807, 2.05) is 41.5 Å². The molecule has 2 aliphatic rings. The van der Waals surface area contributed by atoms with Crippen molar-refractivity contribution in [2.24, 2.45) is 11.8 Å². The maximum Gasteiger partial charge on any atom is 0.265 e. The summed E-state index contributed by atoms with van der Waals surface area (Å²) in [6.45, 7) is 11.4. The van der Waals surface area contributed by atoms with Crippen LogP contribution in [0.25, 0.3) is 0 Å². The molecule has 1 N–H and O–H groups in total. The quantitative estimate of drug-likeness (QED) is 0.299. The molecule has 0 radical (unpaired) electrons. The van der Waals surface area contributed by atoms with Gasteiger partial charge < -0.3 is 33.3 Å². The van der Waals surface area contributed by atoms with Crippen LogP contribution in [0.4, 0.5) is 0 Å². The van der Waals surface area contributed by atoms with Gasteiger partial charge in [0.2, 0.25) is 0 Å². The van der Waals surface area contributed by atoms with Gasteiger partial charge in [-0.3, -0.25) is 4.57 Å². The molecule has 2 unspecified atom stereocenters. The summed E-state index contributed by atoms with van der Waals surface area (Å²) in [6.07, 6.45) is -0.200. The van der Waals surface area contributed by atoms with Crippen molar-refractivity contribution < 1.29 is 58.9 Å². The molecule has 0 aromatic rings. The molecule has 0 aromatic carbocycles. The van der Waals surface area contributed by atoms with E-state index >= 15 is 0 Å². The van der Waals surface area contributed by atoms with Gasteiger partial charge in [-0.05, 0) is 66.1 Å². The van der Waals surface area contributed by atoms with Crippen LogP contribution in [-0.2, 0) is 48.9 Å². The van der Waals surface area contributed by atoms with Gasteiger partial charge in [-0.2, -0.15) is 0 Å². The van der Waals surface area contributed by atoms with E-state index < -0.39 is 25.9 Å². The van der Waals surface area contributed by atoms with Gasteiger partial charge in [0.05, 0.1) is 24.9 Å². The maximum absolute atomic E-state index is 12.4. The molecule has 0 amide bonds. The minimum absolute atomic E-state index is 0. The molecule has 10 heteroatoms. The van der Waals surface area contributed by atoms with Crippen LogP contribution in [0.2, 0.25) is 0 Å². The van der Waals surface area contributed by atoms with Crippen molar-refractivity contribution in [1.82, 2.24) is 0 Å². The molecule has 2 rings (SSSR count). The Morgan fingerprint density at radius 2 is 1.86 bits per heavy atom. The number of aliphatic hydroxyl groups excluding tert-OH is 1. The van der Waals surface area contributed by atoms with E-state index in [1.165, 1.54) is 0 Å². The van der Waals surface area contributed by atoms with Gasteiger partial charge in [0, 0.05) is 39.2 Å². The molecule has 1 saturated carbocycles. The Bertz CT molecular complexity index is 534. The van der Waals surface area contributed by atoms with E-state index in [0.717, 1.165) is 0 Å². The third kappa shape index (κ3) is 8.59.